The Balaban J connectivity index is 2.11. The molecule has 0 saturated heterocycles. The molecule has 1 N–H and O–H groups in total. The fourth-order valence-electron chi connectivity index (χ4n) is 1.97. The minimum atomic E-state index is -0.586. The van der Waals surface area contributed by atoms with Crippen LogP contribution in [0, 0.1) is 5.82 Å². The molecule has 0 aliphatic carbocycles. The van der Waals surface area contributed by atoms with E-state index in [0.29, 0.717) is 5.71 Å². The summed E-state index contributed by atoms with van der Waals surface area (Å²) < 4.78 is 19.2. The molecule has 0 radical (unpaired) electrons. The molecule has 0 fully saturated rings. The van der Waals surface area contributed by atoms with Gasteiger partial charge < -0.3 is 4.74 Å². The van der Waals surface area contributed by atoms with Gasteiger partial charge in [0.05, 0.1) is 17.4 Å². The van der Waals surface area contributed by atoms with Crippen LogP contribution in [0.25, 0.3) is 0 Å². The normalized spacial score (nSPS) is 11.4. The maximum Gasteiger partial charge on any atom is 0.274 e. The van der Waals surface area contributed by atoms with Gasteiger partial charge in [0.1, 0.15) is 11.6 Å². The zero-order valence-electron chi connectivity index (χ0n) is 13.3. The Bertz CT molecular complexity index is 726. The highest BCUT2D eigenvalue weighted by atomic mass is 19.1. The van der Waals surface area contributed by atoms with E-state index in [1.807, 2.05) is 38.1 Å². The van der Waals surface area contributed by atoms with Gasteiger partial charge in [-0.2, -0.15) is 5.10 Å². The molecule has 0 heterocycles. The average Bonchev–Trinajstić information content (AvgIpc) is 2.52. The maximum atomic E-state index is 13.5. The molecule has 5 heteroatoms. The van der Waals surface area contributed by atoms with Crippen molar-refractivity contribution < 1.29 is 13.9 Å². The Morgan fingerprint density at radius 3 is 2.61 bits per heavy atom. The van der Waals surface area contributed by atoms with E-state index < -0.39 is 11.7 Å². The van der Waals surface area contributed by atoms with E-state index in [1.165, 1.54) is 18.2 Å². The van der Waals surface area contributed by atoms with Gasteiger partial charge in [0, 0.05) is 5.56 Å². The Morgan fingerprint density at radius 1 is 1.17 bits per heavy atom. The molecule has 1 amide bonds. The molecule has 4 nitrogen and oxygen atoms in total. The first-order valence-corrected chi connectivity index (χ1v) is 7.33. The molecule has 0 aliphatic heterocycles. The first-order chi connectivity index (χ1) is 11.0. The van der Waals surface area contributed by atoms with Crippen molar-refractivity contribution in [2.45, 2.75) is 26.9 Å². The SMILES string of the molecule is C/C(=N\NC(=O)c1ccccc1F)c1cccc(OC(C)C)c1. The number of rotatable bonds is 5. The van der Waals surface area contributed by atoms with Crippen molar-refractivity contribution in [3.63, 3.8) is 0 Å². The molecule has 0 unspecified atom stereocenters. The second kappa shape index (κ2) is 7.54. The molecular weight excluding hydrogens is 295 g/mol. The van der Waals surface area contributed by atoms with Gasteiger partial charge in [-0.05, 0) is 45.0 Å². The molecule has 2 aromatic rings. The van der Waals surface area contributed by atoms with Crippen LogP contribution in [-0.2, 0) is 0 Å². The van der Waals surface area contributed by atoms with Crippen LogP contribution < -0.4 is 10.2 Å². The van der Waals surface area contributed by atoms with E-state index >= 15 is 0 Å². The second-order valence-electron chi connectivity index (χ2n) is 5.31. The first-order valence-electron chi connectivity index (χ1n) is 7.33. The number of benzene rings is 2. The van der Waals surface area contributed by atoms with Gasteiger partial charge in [-0.25, -0.2) is 9.82 Å². The summed E-state index contributed by atoms with van der Waals surface area (Å²) in [6.45, 7) is 5.65. The van der Waals surface area contributed by atoms with Crippen LogP contribution in [0.4, 0.5) is 4.39 Å². The van der Waals surface area contributed by atoms with E-state index in [-0.39, 0.29) is 11.7 Å². The Hall–Kier alpha value is -2.69. The van der Waals surface area contributed by atoms with Crippen molar-refractivity contribution in [2.75, 3.05) is 0 Å². The van der Waals surface area contributed by atoms with Crippen LogP contribution in [0.5, 0.6) is 5.75 Å². The number of nitrogens with zero attached hydrogens (tertiary/aromatic N) is 1. The summed E-state index contributed by atoms with van der Waals surface area (Å²) in [6.07, 6.45) is 0.0725. The third-order valence-corrected chi connectivity index (χ3v) is 3.07. The third kappa shape index (κ3) is 4.64. The highest BCUT2D eigenvalue weighted by Gasteiger charge is 2.10. The molecule has 0 spiro atoms. The van der Waals surface area contributed by atoms with Crippen molar-refractivity contribution in [1.82, 2.24) is 5.43 Å². The molecule has 2 rings (SSSR count). The van der Waals surface area contributed by atoms with Crippen molar-refractivity contribution >= 4 is 11.6 Å². The molecule has 0 aliphatic rings. The van der Waals surface area contributed by atoms with E-state index in [9.17, 15) is 9.18 Å². The highest BCUT2D eigenvalue weighted by Crippen LogP contribution is 2.15. The molecule has 0 bridgehead atoms. The monoisotopic (exact) mass is 314 g/mol. The summed E-state index contributed by atoms with van der Waals surface area (Å²) in [5.41, 5.74) is 3.74. The summed E-state index contributed by atoms with van der Waals surface area (Å²) in [5.74, 6) is -0.435. The maximum absolute atomic E-state index is 13.5. The Morgan fingerprint density at radius 2 is 1.91 bits per heavy atom. The predicted octanol–water partition coefficient (Wildman–Crippen LogP) is 3.77. The lowest BCUT2D eigenvalue weighted by Crippen LogP contribution is -2.20. The van der Waals surface area contributed by atoms with Gasteiger partial charge in [0.25, 0.3) is 5.91 Å². The van der Waals surface area contributed by atoms with Gasteiger partial charge in [0.2, 0.25) is 0 Å². The van der Waals surface area contributed by atoms with Gasteiger partial charge in [-0.3, -0.25) is 4.79 Å². The number of carbonyl (C=O) groups excluding carboxylic acids is 1. The number of hydrazone groups is 1. The topological polar surface area (TPSA) is 50.7 Å². The van der Waals surface area contributed by atoms with Crippen molar-refractivity contribution in [2.24, 2.45) is 5.10 Å². The largest absolute Gasteiger partial charge is 0.491 e. The smallest absolute Gasteiger partial charge is 0.274 e. The van der Waals surface area contributed by atoms with Gasteiger partial charge in [0.15, 0.2) is 0 Å². The van der Waals surface area contributed by atoms with Crippen LogP contribution in [-0.4, -0.2) is 17.7 Å². The predicted molar refractivity (Wildman–Crippen MR) is 88.3 cm³/mol. The minimum absolute atomic E-state index is 0.0408. The summed E-state index contributed by atoms with van der Waals surface area (Å²) in [5, 5.41) is 4.03. The summed E-state index contributed by atoms with van der Waals surface area (Å²) in [6, 6.07) is 13.2. The number of ether oxygens (including phenoxy) is 1. The van der Waals surface area contributed by atoms with Crippen LogP contribution >= 0.6 is 0 Å². The molecule has 120 valence electrons. The zero-order valence-corrected chi connectivity index (χ0v) is 13.3. The van der Waals surface area contributed by atoms with E-state index in [2.05, 4.69) is 10.5 Å². The quantitative estimate of drug-likeness (QED) is 0.674. The van der Waals surface area contributed by atoms with Crippen molar-refractivity contribution in [1.29, 1.82) is 0 Å². The van der Waals surface area contributed by atoms with Crippen LogP contribution in [0.3, 0.4) is 0 Å². The fourth-order valence-corrected chi connectivity index (χ4v) is 1.97. The van der Waals surface area contributed by atoms with Crippen molar-refractivity contribution in [3.8, 4) is 5.75 Å². The number of amides is 1. The summed E-state index contributed by atoms with van der Waals surface area (Å²) in [7, 11) is 0. The molecular formula is C18H19FN2O2. The number of nitrogens with one attached hydrogen (secondary N) is 1. The standard InChI is InChI=1S/C18H19FN2O2/c1-12(2)23-15-8-6-7-14(11-15)13(3)20-21-18(22)16-9-4-5-10-17(16)19/h4-12H,1-3H3,(H,21,22)/b20-13+. The van der Waals surface area contributed by atoms with Crippen LogP contribution in [0.15, 0.2) is 53.6 Å². The van der Waals surface area contributed by atoms with Gasteiger partial charge in [-0.15, -0.1) is 0 Å². The Labute approximate surface area is 135 Å². The number of carbonyl (C=O) groups is 1. The molecule has 0 saturated carbocycles. The molecule has 0 atom stereocenters. The number of hydrogen-bond donors (Lipinski definition) is 1. The second-order valence-corrected chi connectivity index (χ2v) is 5.31. The van der Waals surface area contributed by atoms with E-state index in [1.54, 1.807) is 13.0 Å². The molecule has 23 heavy (non-hydrogen) atoms. The lowest BCUT2D eigenvalue weighted by atomic mass is 10.1. The number of halogens is 1. The van der Waals surface area contributed by atoms with Crippen LogP contribution in [0.1, 0.15) is 36.7 Å². The zero-order chi connectivity index (χ0) is 16.8. The van der Waals surface area contributed by atoms with Gasteiger partial charge in [-0.1, -0.05) is 24.3 Å². The van der Waals surface area contributed by atoms with E-state index in [0.717, 1.165) is 11.3 Å². The summed E-state index contributed by atoms with van der Waals surface area (Å²) in [4.78, 5) is 11.9. The number of hydrogen-bond acceptors (Lipinski definition) is 3. The first kappa shape index (κ1) is 16.7. The fraction of sp³-hybridized carbons (Fsp3) is 0.222. The van der Waals surface area contributed by atoms with E-state index in [4.69, 9.17) is 4.74 Å². The van der Waals surface area contributed by atoms with Gasteiger partial charge >= 0.3 is 0 Å². The van der Waals surface area contributed by atoms with Crippen molar-refractivity contribution in [3.05, 3.63) is 65.5 Å². The third-order valence-electron chi connectivity index (χ3n) is 3.07. The lowest BCUT2D eigenvalue weighted by Gasteiger charge is -2.11. The lowest BCUT2D eigenvalue weighted by molar-refractivity contribution is 0.0951. The average molecular weight is 314 g/mol. The molecule has 0 aromatic heterocycles. The summed E-state index contributed by atoms with van der Waals surface area (Å²) >= 11 is 0. The minimum Gasteiger partial charge on any atom is -0.491 e. The molecule has 2 aromatic carbocycles. The Kier molecular flexibility index (Phi) is 5.46. The highest BCUT2D eigenvalue weighted by molar-refractivity contribution is 6.01. The van der Waals surface area contributed by atoms with Crippen LogP contribution in [0.2, 0.25) is 0 Å².